The Balaban J connectivity index is 2.81. The van der Waals surface area contributed by atoms with Gasteiger partial charge in [0, 0.05) is 4.47 Å². The van der Waals surface area contributed by atoms with E-state index in [1.807, 2.05) is 24.3 Å². The highest BCUT2D eigenvalue weighted by Gasteiger charge is 2.26. The molecule has 1 aromatic carbocycles. The zero-order valence-corrected chi connectivity index (χ0v) is 11.6. The van der Waals surface area contributed by atoms with Gasteiger partial charge >= 0.3 is 5.97 Å². The van der Waals surface area contributed by atoms with E-state index in [4.69, 9.17) is 5.11 Å². The number of benzene rings is 1. The Hall–Kier alpha value is -0.870. The van der Waals surface area contributed by atoms with Gasteiger partial charge in [0.2, 0.25) is 0 Å². The maximum absolute atomic E-state index is 11.2. The lowest BCUT2D eigenvalue weighted by molar-refractivity contribution is -0.143. The number of carbonyl (C=O) groups is 1. The molecule has 4 heteroatoms. The van der Waals surface area contributed by atoms with E-state index in [2.05, 4.69) is 15.9 Å². The number of aliphatic hydroxyl groups is 1. The highest BCUT2D eigenvalue weighted by atomic mass is 79.9. The third-order valence-corrected chi connectivity index (χ3v) is 3.29. The molecule has 1 atom stereocenters. The lowest BCUT2D eigenvalue weighted by Crippen LogP contribution is -2.29. The second-order valence-corrected chi connectivity index (χ2v) is 5.70. The number of rotatable bonds is 5. The van der Waals surface area contributed by atoms with Crippen LogP contribution in [0.1, 0.15) is 25.8 Å². The van der Waals surface area contributed by atoms with Gasteiger partial charge in [0.15, 0.2) is 0 Å². The van der Waals surface area contributed by atoms with E-state index >= 15 is 0 Å². The van der Waals surface area contributed by atoms with Crippen molar-refractivity contribution in [1.29, 1.82) is 0 Å². The predicted molar refractivity (Wildman–Crippen MR) is 69.9 cm³/mol. The molecule has 0 saturated carbocycles. The van der Waals surface area contributed by atoms with E-state index in [9.17, 15) is 9.90 Å². The summed E-state index contributed by atoms with van der Waals surface area (Å²) >= 11 is 3.40. The van der Waals surface area contributed by atoms with Gasteiger partial charge in [-0.2, -0.15) is 0 Å². The second-order valence-electron chi connectivity index (χ2n) is 4.85. The first-order chi connectivity index (χ1) is 7.79. The van der Waals surface area contributed by atoms with E-state index < -0.39 is 17.5 Å². The molecule has 0 aliphatic rings. The molecule has 3 nitrogen and oxygen atoms in total. The molecule has 0 radical (unpaired) electrons. The zero-order chi connectivity index (χ0) is 13.1. The zero-order valence-electron chi connectivity index (χ0n) is 9.98. The van der Waals surface area contributed by atoms with Crippen molar-refractivity contribution in [3.63, 3.8) is 0 Å². The maximum Gasteiger partial charge on any atom is 0.306 e. The Morgan fingerprint density at radius 1 is 1.41 bits per heavy atom. The van der Waals surface area contributed by atoms with Crippen LogP contribution in [0.2, 0.25) is 0 Å². The molecule has 2 N–H and O–H groups in total. The highest BCUT2D eigenvalue weighted by molar-refractivity contribution is 9.10. The van der Waals surface area contributed by atoms with E-state index in [0.29, 0.717) is 6.42 Å². The quantitative estimate of drug-likeness (QED) is 0.879. The molecule has 94 valence electrons. The average Bonchev–Trinajstić information content (AvgIpc) is 2.18. The van der Waals surface area contributed by atoms with Gasteiger partial charge in [-0.05, 0) is 38.3 Å². The van der Waals surface area contributed by atoms with Crippen molar-refractivity contribution in [2.24, 2.45) is 5.92 Å². The van der Waals surface area contributed by atoms with Gasteiger partial charge in [-0.15, -0.1) is 0 Å². The summed E-state index contributed by atoms with van der Waals surface area (Å²) in [6, 6.07) is 7.55. The van der Waals surface area contributed by atoms with Gasteiger partial charge in [-0.1, -0.05) is 34.1 Å². The molecule has 0 bridgehead atoms. The highest BCUT2D eigenvalue weighted by Crippen LogP contribution is 2.24. The number of hydrogen-bond donors (Lipinski definition) is 2. The molecular formula is C13H17BrO3. The SMILES string of the molecule is CC(C)(O)CC(Cc1ccccc1Br)C(=O)O. The lowest BCUT2D eigenvalue weighted by atomic mass is 9.89. The number of halogens is 1. The number of carboxylic acids is 1. The monoisotopic (exact) mass is 300 g/mol. The first-order valence-electron chi connectivity index (χ1n) is 5.48. The van der Waals surface area contributed by atoms with Gasteiger partial charge in [-0.3, -0.25) is 4.79 Å². The fourth-order valence-electron chi connectivity index (χ4n) is 1.78. The normalized spacial score (nSPS) is 13.4. The van der Waals surface area contributed by atoms with Gasteiger partial charge < -0.3 is 10.2 Å². The van der Waals surface area contributed by atoms with Crippen LogP contribution in [0.25, 0.3) is 0 Å². The average molecular weight is 301 g/mol. The standard InChI is InChI=1S/C13H17BrO3/c1-13(2,17)8-10(12(15)16)7-9-5-3-4-6-11(9)14/h3-6,10,17H,7-8H2,1-2H3,(H,15,16). The van der Waals surface area contributed by atoms with Crippen molar-refractivity contribution in [1.82, 2.24) is 0 Å². The fraction of sp³-hybridized carbons (Fsp3) is 0.462. The van der Waals surface area contributed by atoms with E-state index in [1.165, 1.54) is 0 Å². The summed E-state index contributed by atoms with van der Waals surface area (Å²) in [4.78, 5) is 11.2. The molecule has 17 heavy (non-hydrogen) atoms. The minimum atomic E-state index is -0.968. The maximum atomic E-state index is 11.2. The van der Waals surface area contributed by atoms with Crippen LogP contribution >= 0.6 is 15.9 Å². The van der Waals surface area contributed by atoms with Crippen LogP contribution in [0.4, 0.5) is 0 Å². The molecule has 0 heterocycles. The lowest BCUT2D eigenvalue weighted by Gasteiger charge is -2.22. The Morgan fingerprint density at radius 2 is 2.00 bits per heavy atom. The van der Waals surface area contributed by atoms with Crippen molar-refractivity contribution in [2.75, 3.05) is 0 Å². The molecule has 0 aromatic heterocycles. The minimum Gasteiger partial charge on any atom is -0.481 e. The molecule has 0 saturated heterocycles. The van der Waals surface area contributed by atoms with Crippen LogP contribution in [-0.4, -0.2) is 21.8 Å². The number of aliphatic carboxylic acids is 1. The van der Waals surface area contributed by atoms with Crippen LogP contribution < -0.4 is 0 Å². The summed E-state index contributed by atoms with van der Waals surface area (Å²) in [5.41, 5.74) is -0.0197. The smallest absolute Gasteiger partial charge is 0.306 e. The van der Waals surface area contributed by atoms with Crippen molar-refractivity contribution < 1.29 is 15.0 Å². The van der Waals surface area contributed by atoms with Crippen molar-refractivity contribution in [3.05, 3.63) is 34.3 Å². The molecule has 1 aromatic rings. The molecule has 1 rings (SSSR count). The molecular weight excluding hydrogens is 284 g/mol. The van der Waals surface area contributed by atoms with E-state index in [0.717, 1.165) is 10.0 Å². The summed E-state index contributed by atoms with van der Waals surface area (Å²) in [6.45, 7) is 3.26. The van der Waals surface area contributed by atoms with Gasteiger partial charge in [0.1, 0.15) is 0 Å². The summed E-state index contributed by atoms with van der Waals surface area (Å²) in [5.74, 6) is -1.45. The van der Waals surface area contributed by atoms with Crippen LogP contribution in [0, 0.1) is 5.92 Å². The summed E-state index contributed by atoms with van der Waals surface area (Å²) in [5, 5.41) is 18.9. The van der Waals surface area contributed by atoms with Crippen LogP contribution in [0.3, 0.4) is 0 Å². The Labute approximate surface area is 110 Å². The molecule has 0 amide bonds. The van der Waals surface area contributed by atoms with Gasteiger partial charge in [-0.25, -0.2) is 0 Å². The third-order valence-electron chi connectivity index (χ3n) is 2.52. The number of carboxylic acid groups (broad SMARTS) is 1. The van der Waals surface area contributed by atoms with Crippen LogP contribution in [-0.2, 0) is 11.2 Å². The third kappa shape index (κ3) is 4.88. The molecule has 0 aliphatic heterocycles. The van der Waals surface area contributed by atoms with Crippen LogP contribution in [0.5, 0.6) is 0 Å². The van der Waals surface area contributed by atoms with E-state index in [-0.39, 0.29) is 6.42 Å². The molecule has 0 fully saturated rings. The molecule has 1 unspecified atom stereocenters. The van der Waals surface area contributed by atoms with Crippen molar-refractivity contribution in [3.8, 4) is 0 Å². The molecule has 0 spiro atoms. The van der Waals surface area contributed by atoms with Gasteiger partial charge in [0.25, 0.3) is 0 Å². The number of hydrogen-bond acceptors (Lipinski definition) is 2. The Bertz CT molecular complexity index is 396. The molecule has 0 aliphatic carbocycles. The summed E-state index contributed by atoms with van der Waals surface area (Å²) in [6.07, 6.45) is 0.657. The first kappa shape index (κ1) is 14.2. The first-order valence-corrected chi connectivity index (χ1v) is 6.27. The fourth-order valence-corrected chi connectivity index (χ4v) is 2.23. The Morgan fingerprint density at radius 3 is 2.47 bits per heavy atom. The minimum absolute atomic E-state index is 0.240. The summed E-state index contributed by atoms with van der Waals surface area (Å²) < 4.78 is 0.905. The predicted octanol–water partition coefficient (Wildman–Crippen LogP) is 2.85. The van der Waals surface area contributed by atoms with Crippen molar-refractivity contribution in [2.45, 2.75) is 32.3 Å². The largest absolute Gasteiger partial charge is 0.481 e. The van der Waals surface area contributed by atoms with Crippen molar-refractivity contribution >= 4 is 21.9 Å². The van der Waals surface area contributed by atoms with Gasteiger partial charge in [0.05, 0.1) is 11.5 Å². The summed E-state index contributed by atoms with van der Waals surface area (Å²) in [7, 11) is 0. The van der Waals surface area contributed by atoms with E-state index in [1.54, 1.807) is 13.8 Å². The van der Waals surface area contributed by atoms with Crippen LogP contribution in [0.15, 0.2) is 28.7 Å². The second kappa shape index (κ2) is 5.65. The topological polar surface area (TPSA) is 57.5 Å². The Kier molecular flexibility index (Phi) is 4.71.